The predicted octanol–water partition coefficient (Wildman–Crippen LogP) is 3.44. The molecular weight excluding hydrogens is 354 g/mol. The Morgan fingerprint density at radius 2 is 2.04 bits per heavy atom. The third kappa shape index (κ3) is 3.57. The van der Waals surface area contributed by atoms with Crippen molar-refractivity contribution < 1.29 is 9.47 Å². The van der Waals surface area contributed by atoms with Gasteiger partial charge in [-0.05, 0) is 37.0 Å². The van der Waals surface area contributed by atoms with Gasteiger partial charge in [-0.15, -0.1) is 0 Å². The van der Waals surface area contributed by atoms with Crippen molar-refractivity contribution >= 4 is 22.7 Å². The molecule has 0 radical (unpaired) electrons. The van der Waals surface area contributed by atoms with Crippen LogP contribution in [-0.4, -0.2) is 41.3 Å². The zero-order valence-corrected chi connectivity index (χ0v) is 16.2. The number of aromatic nitrogens is 3. The maximum Gasteiger partial charge on any atom is 0.151 e. The Labute approximate surface area is 164 Å². The van der Waals surface area contributed by atoms with E-state index in [0.717, 1.165) is 66.4 Å². The van der Waals surface area contributed by atoms with E-state index in [1.54, 1.807) is 13.3 Å². The smallest absolute Gasteiger partial charge is 0.151 e. The molecule has 28 heavy (non-hydrogen) atoms. The second kappa shape index (κ2) is 7.98. The number of nitrogens with one attached hydrogen (secondary N) is 1. The lowest BCUT2D eigenvalue weighted by Crippen LogP contribution is -2.29. The van der Waals surface area contributed by atoms with Crippen molar-refractivity contribution in [3.8, 4) is 16.9 Å². The molecule has 0 amide bonds. The SMILES string of the molecule is CCc1nc2c(N)ncc(-c3cccc(OC)c3)c2nc1NC1CCOCC1. The second-order valence-electron chi connectivity index (χ2n) is 6.89. The normalized spacial score (nSPS) is 14.9. The number of hydrogen-bond acceptors (Lipinski definition) is 7. The van der Waals surface area contributed by atoms with Gasteiger partial charge >= 0.3 is 0 Å². The van der Waals surface area contributed by atoms with Gasteiger partial charge in [0.25, 0.3) is 0 Å². The molecule has 3 heterocycles. The minimum absolute atomic E-state index is 0.338. The molecule has 3 N–H and O–H groups in total. The highest BCUT2D eigenvalue weighted by atomic mass is 16.5. The predicted molar refractivity (Wildman–Crippen MR) is 111 cm³/mol. The molecule has 0 saturated carbocycles. The van der Waals surface area contributed by atoms with Crippen LogP contribution in [0.15, 0.2) is 30.5 Å². The number of nitrogens with zero attached hydrogens (tertiary/aromatic N) is 3. The number of hydrogen-bond donors (Lipinski definition) is 2. The van der Waals surface area contributed by atoms with E-state index in [0.29, 0.717) is 17.4 Å². The summed E-state index contributed by atoms with van der Waals surface area (Å²) in [6.45, 7) is 3.61. The fourth-order valence-electron chi connectivity index (χ4n) is 3.49. The van der Waals surface area contributed by atoms with Gasteiger partial charge in [0.15, 0.2) is 5.82 Å². The van der Waals surface area contributed by atoms with Gasteiger partial charge in [-0.2, -0.15) is 0 Å². The van der Waals surface area contributed by atoms with Gasteiger partial charge in [-0.3, -0.25) is 0 Å². The average Bonchev–Trinajstić information content (AvgIpc) is 2.74. The molecule has 0 aliphatic carbocycles. The summed E-state index contributed by atoms with van der Waals surface area (Å²) in [4.78, 5) is 14.1. The molecule has 1 fully saturated rings. The van der Waals surface area contributed by atoms with E-state index in [9.17, 15) is 0 Å². The first kappa shape index (κ1) is 18.4. The van der Waals surface area contributed by atoms with E-state index < -0.39 is 0 Å². The minimum Gasteiger partial charge on any atom is -0.497 e. The van der Waals surface area contributed by atoms with Crippen LogP contribution in [0.1, 0.15) is 25.5 Å². The van der Waals surface area contributed by atoms with E-state index in [-0.39, 0.29) is 0 Å². The maximum absolute atomic E-state index is 6.14. The Hall–Kier alpha value is -2.93. The minimum atomic E-state index is 0.338. The van der Waals surface area contributed by atoms with Crippen LogP contribution in [0.25, 0.3) is 22.2 Å². The highest BCUT2D eigenvalue weighted by molar-refractivity contribution is 5.97. The summed E-state index contributed by atoms with van der Waals surface area (Å²) in [6.07, 6.45) is 4.44. The Bertz CT molecular complexity index is 986. The number of pyridine rings is 1. The lowest BCUT2D eigenvalue weighted by atomic mass is 10.1. The molecule has 0 bridgehead atoms. The highest BCUT2D eigenvalue weighted by Gasteiger charge is 2.19. The van der Waals surface area contributed by atoms with E-state index in [1.165, 1.54) is 0 Å². The standard InChI is InChI=1S/C21H25N5O2/c1-3-17-21(24-14-7-9-28-10-8-14)26-18-16(12-23-20(22)19(18)25-17)13-5-4-6-15(11-13)27-2/h4-6,11-12,14H,3,7-10H2,1-2H3,(H2,22,23)(H,24,26). The molecule has 3 aromatic rings. The Kier molecular flexibility index (Phi) is 5.25. The fourth-order valence-corrected chi connectivity index (χ4v) is 3.49. The molecule has 4 rings (SSSR count). The van der Waals surface area contributed by atoms with E-state index in [4.69, 9.17) is 25.2 Å². The van der Waals surface area contributed by atoms with Gasteiger partial charge in [0, 0.05) is 31.0 Å². The number of nitrogen functional groups attached to an aromatic ring is 1. The first-order valence-electron chi connectivity index (χ1n) is 9.63. The third-order valence-corrected chi connectivity index (χ3v) is 5.08. The molecular formula is C21H25N5O2. The van der Waals surface area contributed by atoms with Gasteiger partial charge in [-0.25, -0.2) is 15.0 Å². The number of nitrogens with two attached hydrogens (primary N) is 1. The van der Waals surface area contributed by atoms with E-state index in [2.05, 4.69) is 17.2 Å². The van der Waals surface area contributed by atoms with Crippen molar-refractivity contribution in [2.24, 2.45) is 0 Å². The summed E-state index contributed by atoms with van der Waals surface area (Å²) in [5.41, 5.74) is 10.3. The zero-order chi connectivity index (χ0) is 19.5. The first-order chi connectivity index (χ1) is 13.7. The van der Waals surface area contributed by atoms with E-state index >= 15 is 0 Å². The molecule has 1 aliphatic heterocycles. The molecule has 2 aromatic heterocycles. The molecule has 1 aromatic carbocycles. The number of rotatable bonds is 5. The lowest BCUT2D eigenvalue weighted by molar-refractivity contribution is 0.0903. The molecule has 0 spiro atoms. The van der Waals surface area contributed by atoms with Crippen LogP contribution in [0.2, 0.25) is 0 Å². The molecule has 1 saturated heterocycles. The molecule has 146 valence electrons. The van der Waals surface area contributed by atoms with Crippen LogP contribution in [0.4, 0.5) is 11.6 Å². The Morgan fingerprint density at radius 3 is 2.79 bits per heavy atom. The number of methoxy groups -OCH3 is 1. The largest absolute Gasteiger partial charge is 0.497 e. The van der Waals surface area contributed by atoms with Crippen molar-refractivity contribution in [2.45, 2.75) is 32.2 Å². The summed E-state index contributed by atoms with van der Waals surface area (Å²) in [5.74, 6) is 1.99. The number of aryl methyl sites for hydroxylation is 1. The fraction of sp³-hybridized carbons (Fsp3) is 0.381. The van der Waals surface area contributed by atoms with Gasteiger partial charge in [-0.1, -0.05) is 19.1 Å². The number of fused-ring (bicyclic) bond motifs is 1. The van der Waals surface area contributed by atoms with Gasteiger partial charge < -0.3 is 20.5 Å². The number of anilines is 2. The first-order valence-corrected chi connectivity index (χ1v) is 9.63. The van der Waals surface area contributed by atoms with Crippen molar-refractivity contribution in [3.63, 3.8) is 0 Å². The van der Waals surface area contributed by atoms with Crippen molar-refractivity contribution in [2.75, 3.05) is 31.4 Å². The third-order valence-electron chi connectivity index (χ3n) is 5.08. The van der Waals surface area contributed by atoms with Crippen LogP contribution < -0.4 is 15.8 Å². The van der Waals surface area contributed by atoms with Gasteiger partial charge in [0.05, 0.1) is 12.8 Å². The Morgan fingerprint density at radius 1 is 1.21 bits per heavy atom. The summed E-state index contributed by atoms with van der Waals surface area (Å²) in [6, 6.07) is 8.18. The molecule has 0 atom stereocenters. The van der Waals surface area contributed by atoms with Crippen LogP contribution >= 0.6 is 0 Å². The van der Waals surface area contributed by atoms with Crippen LogP contribution in [0, 0.1) is 0 Å². The molecule has 0 unspecified atom stereocenters. The molecule has 7 heteroatoms. The summed E-state index contributed by atoms with van der Waals surface area (Å²) in [5, 5.41) is 3.57. The van der Waals surface area contributed by atoms with Crippen molar-refractivity contribution in [1.29, 1.82) is 0 Å². The maximum atomic E-state index is 6.14. The second-order valence-corrected chi connectivity index (χ2v) is 6.89. The summed E-state index contributed by atoms with van der Waals surface area (Å²) in [7, 11) is 1.65. The molecule has 7 nitrogen and oxygen atoms in total. The summed E-state index contributed by atoms with van der Waals surface area (Å²) >= 11 is 0. The zero-order valence-electron chi connectivity index (χ0n) is 16.2. The van der Waals surface area contributed by atoms with Crippen molar-refractivity contribution in [1.82, 2.24) is 15.0 Å². The Balaban J connectivity index is 1.84. The van der Waals surface area contributed by atoms with Crippen molar-refractivity contribution in [3.05, 3.63) is 36.2 Å². The average molecular weight is 379 g/mol. The van der Waals surface area contributed by atoms with Gasteiger partial charge in [0.1, 0.15) is 22.6 Å². The van der Waals surface area contributed by atoms with Gasteiger partial charge in [0.2, 0.25) is 0 Å². The van der Waals surface area contributed by atoms with Crippen LogP contribution in [0.5, 0.6) is 5.75 Å². The lowest BCUT2D eigenvalue weighted by Gasteiger charge is -2.24. The quantitative estimate of drug-likeness (QED) is 0.701. The number of benzene rings is 1. The summed E-state index contributed by atoms with van der Waals surface area (Å²) < 4.78 is 10.8. The topological polar surface area (TPSA) is 95.2 Å². The van der Waals surface area contributed by atoms with Crippen LogP contribution in [0.3, 0.4) is 0 Å². The van der Waals surface area contributed by atoms with E-state index in [1.807, 2.05) is 24.3 Å². The monoisotopic (exact) mass is 379 g/mol. The molecule has 1 aliphatic rings. The van der Waals surface area contributed by atoms with Crippen LogP contribution in [-0.2, 0) is 11.2 Å². The number of ether oxygens (including phenoxy) is 2. The highest BCUT2D eigenvalue weighted by Crippen LogP contribution is 2.32.